The van der Waals surface area contributed by atoms with Gasteiger partial charge in [0.1, 0.15) is 0 Å². The van der Waals surface area contributed by atoms with E-state index in [1.54, 1.807) is 0 Å². The van der Waals surface area contributed by atoms with Crippen LogP contribution in [0.15, 0.2) is 24.4 Å². The highest BCUT2D eigenvalue weighted by atomic mass is 35.5. The van der Waals surface area contributed by atoms with Crippen molar-refractivity contribution in [1.82, 2.24) is 9.78 Å². The Balaban J connectivity index is 2.12. The number of carboxylic acids is 1. The monoisotopic (exact) mass is 320 g/mol. The van der Waals surface area contributed by atoms with Crippen LogP contribution in [0.3, 0.4) is 0 Å². The van der Waals surface area contributed by atoms with E-state index >= 15 is 0 Å². The molecule has 0 aliphatic heterocycles. The molecular formula is C11H7Cl3N2O3. The first kappa shape index (κ1) is 14.0. The van der Waals surface area contributed by atoms with Gasteiger partial charge in [0.25, 0.3) is 0 Å². The van der Waals surface area contributed by atoms with Gasteiger partial charge in [0.05, 0.1) is 10.0 Å². The van der Waals surface area contributed by atoms with Crippen LogP contribution in [0.4, 0.5) is 0 Å². The molecule has 5 nitrogen and oxygen atoms in total. The summed E-state index contributed by atoms with van der Waals surface area (Å²) in [5.74, 6) is -0.846. The second-order valence-corrected chi connectivity index (χ2v) is 4.77. The fraction of sp³-hybridized carbons (Fsp3) is 0.0909. The van der Waals surface area contributed by atoms with E-state index in [2.05, 4.69) is 5.10 Å². The smallest absolute Gasteiger partial charge is 0.356 e. The average molecular weight is 322 g/mol. The van der Waals surface area contributed by atoms with Crippen LogP contribution in [0.25, 0.3) is 0 Å². The van der Waals surface area contributed by atoms with E-state index in [1.807, 2.05) is 0 Å². The fourth-order valence-corrected chi connectivity index (χ4v) is 2.27. The second-order valence-electron chi connectivity index (χ2n) is 3.52. The predicted molar refractivity (Wildman–Crippen MR) is 71.3 cm³/mol. The first-order chi connectivity index (χ1) is 8.97. The predicted octanol–water partition coefficient (Wildman–Crippen LogP) is 3.58. The first-order valence-electron chi connectivity index (χ1n) is 5.01. The summed E-state index contributed by atoms with van der Waals surface area (Å²) >= 11 is 17.6. The van der Waals surface area contributed by atoms with Gasteiger partial charge in [-0.15, -0.1) is 0 Å². The highest BCUT2D eigenvalue weighted by Crippen LogP contribution is 2.35. The Hall–Kier alpha value is -1.43. The molecule has 1 heterocycles. The first-order valence-corrected chi connectivity index (χ1v) is 6.15. The Morgan fingerprint density at radius 2 is 1.95 bits per heavy atom. The Morgan fingerprint density at radius 1 is 1.32 bits per heavy atom. The maximum atomic E-state index is 10.7. The van der Waals surface area contributed by atoms with Gasteiger partial charge < -0.3 is 9.84 Å². The van der Waals surface area contributed by atoms with Gasteiger partial charge in [0.15, 0.2) is 18.2 Å². The lowest BCUT2D eigenvalue weighted by Crippen LogP contribution is -2.08. The van der Waals surface area contributed by atoms with Crippen molar-refractivity contribution in [1.29, 1.82) is 0 Å². The molecule has 8 heteroatoms. The lowest BCUT2D eigenvalue weighted by Gasteiger charge is -2.10. The Morgan fingerprint density at radius 3 is 2.47 bits per heavy atom. The van der Waals surface area contributed by atoms with Crippen LogP contribution in [-0.2, 0) is 6.73 Å². The van der Waals surface area contributed by atoms with Gasteiger partial charge in [-0.25, -0.2) is 9.48 Å². The molecule has 0 bridgehead atoms. The molecule has 2 rings (SSSR count). The molecule has 1 aromatic heterocycles. The average Bonchev–Trinajstić information content (AvgIpc) is 2.76. The molecule has 0 unspecified atom stereocenters. The Bertz CT molecular complexity index is 604. The lowest BCUT2D eigenvalue weighted by molar-refractivity contribution is 0.0688. The van der Waals surface area contributed by atoms with Crippen LogP contribution in [0.2, 0.25) is 15.1 Å². The van der Waals surface area contributed by atoms with Gasteiger partial charge in [-0.05, 0) is 18.2 Å². The number of carbonyl (C=O) groups is 1. The van der Waals surface area contributed by atoms with Crippen LogP contribution < -0.4 is 4.74 Å². The second kappa shape index (κ2) is 5.69. The molecule has 0 saturated carbocycles. The van der Waals surface area contributed by atoms with Gasteiger partial charge in [0.2, 0.25) is 0 Å². The minimum absolute atomic E-state index is 0.0195. The molecule has 0 radical (unpaired) electrons. The molecule has 2 aromatic rings. The molecule has 0 spiro atoms. The van der Waals surface area contributed by atoms with Crippen molar-refractivity contribution >= 4 is 40.8 Å². The zero-order valence-corrected chi connectivity index (χ0v) is 11.6. The summed E-state index contributed by atoms with van der Waals surface area (Å²) in [5, 5.41) is 13.4. The Labute approximate surface area is 123 Å². The fourth-order valence-electron chi connectivity index (χ4n) is 1.35. The largest absolute Gasteiger partial charge is 0.476 e. The highest BCUT2D eigenvalue weighted by molar-refractivity contribution is 6.40. The van der Waals surface area contributed by atoms with Crippen molar-refractivity contribution in [2.24, 2.45) is 0 Å². The molecule has 0 atom stereocenters. The van der Waals surface area contributed by atoms with E-state index in [4.69, 9.17) is 44.6 Å². The van der Waals surface area contributed by atoms with Crippen molar-refractivity contribution in [3.8, 4) is 5.75 Å². The normalized spacial score (nSPS) is 10.5. The topological polar surface area (TPSA) is 64.3 Å². The quantitative estimate of drug-likeness (QED) is 0.935. The third-order valence-corrected chi connectivity index (χ3v) is 2.94. The van der Waals surface area contributed by atoms with Crippen molar-refractivity contribution in [2.75, 3.05) is 0 Å². The van der Waals surface area contributed by atoms with Gasteiger partial charge in [-0.3, -0.25) is 0 Å². The van der Waals surface area contributed by atoms with Crippen molar-refractivity contribution in [2.45, 2.75) is 6.73 Å². The summed E-state index contributed by atoms with van der Waals surface area (Å²) in [5.41, 5.74) is -0.0723. The van der Waals surface area contributed by atoms with Gasteiger partial charge in [0, 0.05) is 11.2 Å². The zero-order valence-electron chi connectivity index (χ0n) is 9.31. The minimum Gasteiger partial charge on any atom is -0.476 e. The Kier molecular flexibility index (Phi) is 4.19. The summed E-state index contributed by atoms with van der Waals surface area (Å²) in [6.45, 7) is -0.0195. The lowest BCUT2D eigenvalue weighted by atomic mass is 10.3. The number of aromatic nitrogens is 2. The molecule has 1 N–H and O–H groups in total. The number of ether oxygens (including phenoxy) is 1. The highest BCUT2D eigenvalue weighted by Gasteiger charge is 2.11. The van der Waals surface area contributed by atoms with Crippen molar-refractivity contribution in [3.05, 3.63) is 45.2 Å². The van der Waals surface area contributed by atoms with Crippen LogP contribution in [0.1, 0.15) is 10.5 Å². The molecule has 0 aliphatic carbocycles. The molecule has 19 heavy (non-hydrogen) atoms. The van der Waals surface area contributed by atoms with Gasteiger partial charge in [-0.2, -0.15) is 5.10 Å². The summed E-state index contributed by atoms with van der Waals surface area (Å²) in [4.78, 5) is 10.7. The number of aromatic carboxylic acids is 1. The van der Waals surface area contributed by atoms with E-state index < -0.39 is 5.97 Å². The summed E-state index contributed by atoms with van der Waals surface area (Å²) < 4.78 is 6.70. The number of benzene rings is 1. The SMILES string of the molecule is O=C(O)c1ccn(COc2c(Cl)cc(Cl)cc2Cl)n1. The van der Waals surface area contributed by atoms with E-state index in [9.17, 15) is 4.79 Å². The summed E-state index contributed by atoms with van der Waals surface area (Å²) in [6.07, 6.45) is 1.47. The standard InChI is InChI=1S/C11H7Cl3N2O3/c12-6-3-7(13)10(8(14)4-6)19-5-16-2-1-9(15-16)11(17)18/h1-4H,5H2,(H,17,18). The van der Waals surface area contributed by atoms with E-state index in [0.29, 0.717) is 5.02 Å². The van der Waals surface area contributed by atoms with Crippen LogP contribution in [-0.4, -0.2) is 20.9 Å². The molecule has 0 aliphatic rings. The number of nitrogens with zero attached hydrogens (tertiary/aromatic N) is 2. The molecule has 100 valence electrons. The number of carboxylic acid groups (broad SMARTS) is 1. The van der Waals surface area contributed by atoms with Crippen molar-refractivity contribution < 1.29 is 14.6 Å². The number of hydrogen-bond acceptors (Lipinski definition) is 3. The third-order valence-electron chi connectivity index (χ3n) is 2.16. The maximum Gasteiger partial charge on any atom is 0.356 e. The van der Waals surface area contributed by atoms with E-state index in [-0.39, 0.29) is 28.2 Å². The maximum absolute atomic E-state index is 10.7. The third kappa shape index (κ3) is 3.32. The van der Waals surface area contributed by atoms with Crippen LogP contribution in [0, 0.1) is 0 Å². The zero-order chi connectivity index (χ0) is 14.0. The molecular weight excluding hydrogens is 314 g/mol. The van der Waals surface area contributed by atoms with Crippen LogP contribution in [0.5, 0.6) is 5.75 Å². The van der Waals surface area contributed by atoms with Gasteiger partial charge >= 0.3 is 5.97 Å². The molecule has 1 aromatic carbocycles. The van der Waals surface area contributed by atoms with E-state index in [1.165, 1.54) is 29.1 Å². The van der Waals surface area contributed by atoms with Crippen molar-refractivity contribution in [3.63, 3.8) is 0 Å². The summed E-state index contributed by atoms with van der Waals surface area (Å²) in [7, 11) is 0. The van der Waals surface area contributed by atoms with Gasteiger partial charge in [-0.1, -0.05) is 34.8 Å². The van der Waals surface area contributed by atoms with E-state index in [0.717, 1.165) is 0 Å². The molecule has 0 amide bonds. The number of rotatable bonds is 4. The van der Waals surface area contributed by atoms with Crippen LogP contribution >= 0.6 is 34.8 Å². The summed E-state index contributed by atoms with van der Waals surface area (Å²) in [6, 6.07) is 4.35. The minimum atomic E-state index is -1.11. The number of hydrogen-bond donors (Lipinski definition) is 1. The molecule has 0 fully saturated rings. The number of halogens is 3. The molecule has 0 saturated heterocycles.